The van der Waals surface area contributed by atoms with Crippen LogP contribution in [0.2, 0.25) is 0 Å². The number of nitrogens with zero attached hydrogens (tertiary/aromatic N) is 1. The summed E-state index contributed by atoms with van der Waals surface area (Å²) in [7, 11) is -3.35. The van der Waals surface area contributed by atoms with Crippen molar-refractivity contribution in [2.75, 3.05) is 36.8 Å². The highest BCUT2D eigenvalue weighted by Gasteiger charge is 2.36. The molecule has 9 heteroatoms. The standard InChI is InChI=1S/C16H25N3O5S/c1-2-9-25(22,23)18-13-5-3-12(4-6-13)16-14(10-20)19(8-7-17)15(21)11-24-16/h3-6,14,16,18,20H,2,7-11,17H2,1H3/t14-,16-/m1/s1. The predicted molar refractivity (Wildman–Crippen MR) is 94.5 cm³/mol. The Hall–Kier alpha value is -1.68. The first-order valence-corrected chi connectivity index (χ1v) is 9.89. The average molecular weight is 371 g/mol. The van der Waals surface area contributed by atoms with Crippen molar-refractivity contribution in [2.45, 2.75) is 25.5 Å². The van der Waals surface area contributed by atoms with Crippen LogP contribution in [0.4, 0.5) is 5.69 Å². The molecule has 1 heterocycles. The lowest BCUT2D eigenvalue weighted by Gasteiger charge is -2.40. The molecule has 1 aromatic carbocycles. The molecule has 0 bridgehead atoms. The zero-order valence-electron chi connectivity index (χ0n) is 14.2. The number of carbonyl (C=O) groups is 1. The molecule has 140 valence electrons. The Balaban J connectivity index is 2.16. The maximum atomic E-state index is 12.0. The first-order chi connectivity index (χ1) is 11.9. The lowest BCUT2D eigenvalue weighted by molar-refractivity contribution is -0.160. The normalized spacial score (nSPS) is 21.4. The number of rotatable bonds is 8. The van der Waals surface area contributed by atoms with Gasteiger partial charge in [0.1, 0.15) is 12.7 Å². The number of morpholine rings is 1. The highest BCUT2D eigenvalue weighted by molar-refractivity contribution is 7.92. The second-order valence-corrected chi connectivity index (χ2v) is 7.74. The Morgan fingerprint density at radius 3 is 2.60 bits per heavy atom. The van der Waals surface area contributed by atoms with Crippen LogP contribution in [0.3, 0.4) is 0 Å². The molecular weight excluding hydrogens is 346 g/mol. The lowest BCUT2D eigenvalue weighted by Crippen LogP contribution is -2.54. The first kappa shape index (κ1) is 19.6. The number of carbonyl (C=O) groups excluding carboxylic acids is 1. The number of aliphatic hydroxyl groups is 1. The van der Waals surface area contributed by atoms with Gasteiger partial charge in [-0.3, -0.25) is 9.52 Å². The number of nitrogens with one attached hydrogen (secondary N) is 1. The molecule has 0 spiro atoms. The lowest BCUT2D eigenvalue weighted by atomic mass is 9.99. The third-order valence-corrected chi connectivity index (χ3v) is 5.49. The van der Waals surface area contributed by atoms with Gasteiger partial charge in [0.25, 0.3) is 0 Å². The summed E-state index contributed by atoms with van der Waals surface area (Å²) in [5.41, 5.74) is 6.76. The minimum atomic E-state index is -3.35. The third-order valence-electron chi connectivity index (χ3n) is 4.00. The monoisotopic (exact) mass is 371 g/mol. The Bertz CT molecular complexity index is 678. The van der Waals surface area contributed by atoms with E-state index in [0.717, 1.165) is 5.56 Å². The van der Waals surface area contributed by atoms with Crippen molar-refractivity contribution in [3.05, 3.63) is 29.8 Å². The van der Waals surface area contributed by atoms with Gasteiger partial charge in [-0.15, -0.1) is 0 Å². The highest BCUT2D eigenvalue weighted by Crippen LogP contribution is 2.29. The van der Waals surface area contributed by atoms with Crippen LogP contribution >= 0.6 is 0 Å². The van der Waals surface area contributed by atoms with Gasteiger partial charge >= 0.3 is 0 Å². The van der Waals surface area contributed by atoms with Crippen LogP contribution in [0, 0.1) is 0 Å². The van der Waals surface area contributed by atoms with Crippen molar-refractivity contribution >= 4 is 21.6 Å². The molecule has 1 saturated heterocycles. The van der Waals surface area contributed by atoms with Gasteiger partial charge in [0.2, 0.25) is 15.9 Å². The van der Waals surface area contributed by atoms with Gasteiger partial charge in [0, 0.05) is 18.8 Å². The summed E-state index contributed by atoms with van der Waals surface area (Å²) < 4.78 is 31.7. The molecule has 1 fully saturated rings. The van der Waals surface area contributed by atoms with E-state index in [0.29, 0.717) is 25.2 Å². The number of benzene rings is 1. The van der Waals surface area contributed by atoms with Crippen LogP contribution < -0.4 is 10.5 Å². The molecule has 1 aliphatic heterocycles. The Kier molecular flexibility index (Phi) is 6.77. The van der Waals surface area contributed by atoms with E-state index in [4.69, 9.17) is 10.5 Å². The van der Waals surface area contributed by atoms with E-state index >= 15 is 0 Å². The first-order valence-electron chi connectivity index (χ1n) is 8.24. The van der Waals surface area contributed by atoms with Crippen molar-refractivity contribution in [3.63, 3.8) is 0 Å². The van der Waals surface area contributed by atoms with Crippen LogP contribution in [0.1, 0.15) is 25.0 Å². The number of hydrogen-bond acceptors (Lipinski definition) is 6. The quantitative estimate of drug-likeness (QED) is 0.594. The Labute approximate surface area is 148 Å². The topological polar surface area (TPSA) is 122 Å². The summed E-state index contributed by atoms with van der Waals surface area (Å²) in [6.45, 7) is 2.12. The second kappa shape index (κ2) is 8.61. The van der Waals surface area contributed by atoms with E-state index in [-0.39, 0.29) is 24.9 Å². The van der Waals surface area contributed by atoms with E-state index in [1.54, 1.807) is 31.2 Å². The van der Waals surface area contributed by atoms with Crippen LogP contribution in [0.5, 0.6) is 0 Å². The summed E-state index contributed by atoms with van der Waals surface area (Å²) in [6, 6.07) is 6.22. The molecule has 25 heavy (non-hydrogen) atoms. The number of anilines is 1. The summed E-state index contributed by atoms with van der Waals surface area (Å²) in [5.74, 6) is -0.145. The smallest absolute Gasteiger partial charge is 0.249 e. The number of hydrogen-bond donors (Lipinski definition) is 3. The van der Waals surface area contributed by atoms with Crippen molar-refractivity contribution in [3.8, 4) is 0 Å². The molecule has 4 N–H and O–H groups in total. The van der Waals surface area contributed by atoms with Gasteiger partial charge in [-0.25, -0.2) is 8.42 Å². The fourth-order valence-electron chi connectivity index (χ4n) is 2.89. The second-order valence-electron chi connectivity index (χ2n) is 5.90. The zero-order valence-corrected chi connectivity index (χ0v) is 15.0. The van der Waals surface area contributed by atoms with Crippen molar-refractivity contribution in [1.29, 1.82) is 0 Å². The van der Waals surface area contributed by atoms with Crippen molar-refractivity contribution in [2.24, 2.45) is 5.73 Å². The summed E-state index contributed by atoms with van der Waals surface area (Å²) >= 11 is 0. The fraction of sp³-hybridized carbons (Fsp3) is 0.562. The highest BCUT2D eigenvalue weighted by atomic mass is 32.2. The third kappa shape index (κ3) is 4.91. The minimum Gasteiger partial charge on any atom is -0.394 e. The molecule has 0 aliphatic carbocycles. The summed E-state index contributed by atoms with van der Waals surface area (Å²) in [6.07, 6.45) is 0.0440. The maximum absolute atomic E-state index is 12.0. The van der Waals surface area contributed by atoms with E-state index in [1.165, 1.54) is 4.90 Å². The fourth-order valence-corrected chi connectivity index (χ4v) is 4.02. The molecule has 8 nitrogen and oxygen atoms in total. The number of ether oxygens (including phenoxy) is 1. The van der Waals surface area contributed by atoms with E-state index in [9.17, 15) is 18.3 Å². The van der Waals surface area contributed by atoms with Gasteiger partial charge in [0.15, 0.2) is 0 Å². The van der Waals surface area contributed by atoms with Gasteiger partial charge < -0.3 is 20.5 Å². The molecule has 0 radical (unpaired) electrons. The molecule has 1 aromatic rings. The van der Waals surface area contributed by atoms with E-state index < -0.39 is 22.2 Å². The largest absolute Gasteiger partial charge is 0.394 e. The average Bonchev–Trinajstić information content (AvgIpc) is 2.57. The molecule has 2 atom stereocenters. The maximum Gasteiger partial charge on any atom is 0.249 e. The van der Waals surface area contributed by atoms with Gasteiger partial charge in [-0.2, -0.15) is 0 Å². The Morgan fingerprint density at radius 2 is 2.04 bits per heavy atom. The number of nitrogens with two attached hydrogens (primary N) is 1. The van der Waals surface area contributed by atoms with Crippen LogP contribution in [0.25, 0.3) is 0 Å². The van der Waals surface area contributed by atoms with Gasteiger partial charge in [-0.1, -0.05) is 19.1 Å². The molecule has 1 aliphatic rings. The minimum absolute atomic E-state index is 0.0588. The number of sulfonamides is 1. The van der Waals surface area contributed by atoms with Crippen LogP contribution in [-0.4, -0.2) is 62.4 Å². The molecule has 1 amide bonds. The van der Waals surface area contributed by atoms with Crippen molar-refractivity contribution < 1.29 is 23.1 Å². The molecule has 0 unspecified atom stereocenters. The van der Waals surface area contributed by atoms with Gasteiger partial charge in [-0.05, 0) is 24.1 Å². The molecule has 0 aromatic heterocycles. The molecule has 0 saturated carbocycles. The number of amides is 1. The van der Waals surface area contributed by atoms with Crippen LogP contribution in [0.15, 0.2) is 24.3 Å². The molecular formula is C16H25N3O5S. The zero-order chi connectivity index (χ0) is 18.4. The SMILES string of the molecule is CCCS(=O)(=O)Nc1ccc([C@H]2OCC(=O)N(CCN)[C@@H]2CO)cc1. The predicted octanol–water partition coefficient (Wildman–Crippen LogP) is 0.0578. The molecule has 2 rings (SSSR count). The van der Waals surface area contributed by atoms with E-state index in [2.05, 4.69) is 4.72 Å². The van der Waals surface area contributed by atoms with Gasteiger partial charge in [0.05, 0.1) is 18.4 Å². The van der Waals surface area contributed by atoms with E-state index in [1.807, 2.05) is 0 Å². The van der Waals surface area contributed by atoms with Crippen LogP contribution in [-0.2, 0) is 19.6 Å². The summed E-state index contributed by atoms with van der Waals surface area (Å²) in [5, 5.41) is 9.70. The summed E-state index contributed by atoms with van der Waals surface area (Å²) in [4.78, 5) is 13.5. The Morgan fingerprint density at radius 1 is 1.36 bits per heavy atom. The van der Waals surface area contributed by atoms with Crippen molar-refractivity contribution in [1.82, 2.24) is 4.90 Å². The number of aliphatic hydroxyl groups excluding tert-OH is 1.